The van der Waals surface area contributed by atoms with Gasteiger partial charge in [0.15, 0.2) is 0 Å². The molecule has 12 heavy (non-hydrogen) atoms. The molecule has 63 valence electrons. The third kappa shape index (κ3) is 5.45. The molecule has 0 unspecified atom stereocenters. The molecule has 0 nitrogen and oxygen atoms in total. The summed E-state index contributed by atoms with van der Waals surface area (Å²) in [5.41, 5.74) is 0.219. The van der Waals surface area contributed by atoms with Crippen LogP contribution in [0.5, 0.6) is 0 Å². The third-order valence-electron chi connectivity index (χ3n) is 1.02. The van der Waals surface area contributed by atoms with Crippen molar-refractivity contribution in [3.63, 3.8) is 0 Å². The highest BCUT2D eigenvalue weighted by Crippen LogP contribution is 2.06. The first-order valence-electron chi connectivity index (χ1n) is 3.00. The van der Waals surface area contributed by atoms with E-state index in [9.17, 15) is 8.78 Å². The molecule has 0 heterocycles. The van der Waals surface area contributed by atoms with Gasteiger partial charge in [-0.05, 0) is 18.6 Å². The van der Waals surface area contributed by atoms with Crippen molar-refractivity contribution in [2.24, 2.45) is 0 Å². The molecule has 0 amide bonds. The first-order valence-corrected chi connectivity index (χ1v) is 10.8. The molecule has 0 N–H and O–H groups in total. The van der Waals surface area contributed by atoms with Crippen LogP contribution in [0, 0.1) is 18.6 Å². The van der Waals surface area contributed by atoms with E-state index in [1.165, 1.54) is 12.1 Å². The van der Waals surface area contributed by atoms with Crippen LogP contribution in [-0.2, 0) is 0 Å². The van der Waals surface area contributed by atoms with Crippen LogP contribution in [0.15, 0.2) is 18.2 Å². The van der Waals surface area contributed by atoms with Crippen LogP contribution in [0.3, 0.4) is 0 Å². The van der Waals surface area contributed by atoms with E-state index in [2.05, 4.69) is 32.7 Å². The summed E-state index contributed by atoms with van der Waals surface area (Å²) in [5.74, 6) is -1.17. The fourth-order valence-corrected chi connectivity index (χ4v) is 0.522. The minimum Gasteiger partial charge on any atom is -0.280 e. The molecule has 1 aromatic rings. The van der Waals surface area contributed by atoms with Crippen LogP contribution in [0.4, 0.5) is 8.78 Å². The largest absolute Gasteiger partial charge is 0.560 e. The minimum atomic E-state index is -0.602. The van der Waals surface area contributed by atoms with Gasteiger partial charge in [-0.3, -0.25) is 25.8 Å². The lowest BCUT2D eigenvalue weighted by atomic mass is 10.2. The maximum absolute atomic E-state index is 12.3. The van der Waals surface area contributed by atoms with Gasteiger partial charge in [0.2, 0.25) is 0 Å². The lowest BCUT2D eigenvalue weighted by Gasteiger charge is -1.92. The van der Waals surface area contributed by atoms with Gasteiger partial charge >= 0.3 is 16.0 Å². The molecule has 0 aliphatic heterocycles. The summed E-state index contributed by atoms with van der Waals surface area (Å²) < 4.78 is 24.4. The first kappa shape index (κ1) is 12.8. The topological polar surface area (TPSA) is 0 Å². The average molecular weight is 311 g/mol. The summed E-state index contributed by atoms with van der Waals surface area (Å²) in [7, 11) is 0. The van der Waals surface area contributed by atoms with Crippen molar-refractivity contribution in [1.29, 1.82) is 0 Å². The van der Waals surface area contributed by atoms with Crippen molar-refractivity contribution < 1.29 is 8.78 Å². The SMILES string of the molecule is [Br][Mg][Br].[CH2]c1ccc(F)cc1F. The van der Waals surface area contributed by atoms with Crippen molar-refractivity contribution in [3.05, 3.63) is 42.3 Å². The molecule has 0 fully saturated rings. The Morgan fingerprint density at radius 3 is 2.08 bits per heavy atom. The molecule has 0 atom stereocenters. The zero-order valence-electron chi connectivity index (χ0n) is 6.16. The maximum atomic E-state index is 12.3. The van der Waals surface area contributed by atoms with E-state index >= 15 is 0 Å². The fraction of sp³-hybridized carbons (Fsp3) is 0. The summed E-state index contributed by atoms with van der Waals surface area (Å²) in [6.45, 7) is 3.32. The van der Waals surface area contributed by atoms with Crippen molar-refractivity contribution in [3.8, 4) is 0 Å². The average Bonchev–Trinajstić information content (AvgIpc) is 1.99. The molecule has 0 spiro atoms. The molecular weight excluding hydrogens is 306 g/mol. The van der Waals surface area contributed by atoms with Gasteiger partial charge in [-0.1, -0.05) is 6.07 Å². The maximum Gasteiger partial charge on any atom is 0.560 e. The highest BCUT2D eigenvalue weighted by molar-refractivity contribution is 9.47. The zero-order valence-corrected chi connectivity index (χ0v) is 10.7. The molecule has 1 aromatic carbocycles. The number of halogens is 4. The first-order chi connectivity index (χ1) is 5.61. The quantitative estimate of drug-likeness (QED) is 0.644. The molecule has 0 saturated carbocycles. The van der Waals surface area contributed by atoms with Crippen LogP contribution in [0.1, 0.15) is 5.56 Å². The van der Waals surface area contributed by atoms with Gasteiger partial charge in [-0.2, -0.15) is 0 Å². The van der Waals surface area contributed by atoms with Gasteiger partial charge in [0.05, 0.1) is 0 Å². The normalized spacial score (nSPS) is 8.08. The Morgan fingerprint density at radius 2 is 1.75 bits per heavy atom. The summed E-state index contributed by atoms with van der Waals surface area (Å²) in [5, 5.41) is 0. The Hall–Kier alpha value is 0.806. The van der Waals surface area contributed by atoms with Crippen molar-refractivity contribution in [2.75, 3.05) is 0 Å². The number of hydrogen-bond acceptors (Lipinski definition) is 0. The number of hydrogen-bond donors (Lipinski definition) is 0. The molecule has 0 aliphatic carbocycles. The molecule has 1 radical (unpaired) electrons. The molecule has 0 aliphatic rings. The fourth-order valence-electron chi connectivity index (χ4n) is 0.522. The number of rotatable bonds is 0. The van der Waals surface area contributed by atoms with E-state index in [0.717, 1.165) is 6.07 Å². The Balaban J connectivity index is 0.000000354. The van der Waals surface area contributed by atoms with Crippen LogP contribution in [0.2, 0.25) is 0 Å². The van der Waals surface area contributed by atoms with E-state index in [4.69, 9.17) is 0 Å². The van der Waals surface area contributed by atoms with Gasteiger partial charge in [0.25, 0.3) is 0 Å². The van der Waals surface area contributed by atoms with E-state index in [1.807, 2.05) is 0 Å². The molecule has 0 saturated heterocycles. The van der Waals surface area contributed by atoms with E-state index in [-0.39, 0.29) is 21.6 Å². The van der Waals surface area contributed by atoms with Crippen LogP contribution in [-0.4, -0.2) is 16.0 Å². The Kier molecular flexibility index (Phi) is 7.72. The van der Waals surface area contributed by atoms with Crippen LogP contribution >= 0.6 is 25.8 Å². The molecular formula is C7H5Br2F2Mg. The smallest absolute Gasteiger partial charge is 0.280 e. The summed E-state index contributed by atoms with van der Waals surface area (Å²) in [4.78, 5) is 0. The van der Waals surface area contributed by atoms with Crippen molar-refractivity contribution in [1.82, 2.24) is 0 Å². The van der Waals surface area contributed by atoms with Crippen LogP contribution < -0.4 is 0 Å². The van der Waals surface area contributed by atoms with Crippen molar-refractivity contribution >= 4 is 41.8 Å². The second-order valence-corrected chi connectivity index (χ2v) is 9.92. The highest BCUT2D eigenvalue weighted by atomic mass is 79.9. The predicted molar refractivity (Wildman–Crippen MR) is 54.4 cm³/mol. The predicted octanol–water partition coefficient (Wildman–Crippen LogP) is 3.46. The second kappa shape index (κ2) is 7.23. The summed E-state index contributed by atoms with van der Waals surface area (Å²) >= 11 is 6.44. The lowest BCUT2D eigenvalue weighted by molar-refractivity contribution is 0.580. The monoisotopic (exact) mass is 309 g/mol. The molecule has 0 bridgehead atoms. The second-order valence-electron chi connectivity index (χ2n) is 1.84. The van der Waals surface area contributed by atoms with Gasteiger partial charge in [0.1, 0.15) is 11.6 Å². The van der Waals surface area contributed by atoms with Gasteiger partial charge in [-0.25, -0.2) is 8.78 Å². The van der Waals surface area contributed by atoms with Gasteiger partial charge in [-0.15, -0.1) is 0 Å². The van der Waals surface area contributed by atoms with Crippen LogP contribution in [0.25, 0.3) is 0 Å². The highest BCUT2D eigenvalue weighted by Gasteiger charge is 1.95. The Bertz CT molecular complexity index is 243. The Morgan fingerprint density at radius 1 is 1.25 bits per heavy atom. The summed E-state index contributed by atoms with van der Waals surface area (Å²) in [6, 6.07) is 3.28. The molecule has 5 heteroatoms. The van der Waals surface area contributed by atoms with Gasteiger partial charge in [0, 0.05) is 6.07 Å². The van der Waals surface area contributed by atoms with Crippen molar-refractivity contribution in [2.45, 2.75) is 0 Å². The minimum absolute atomic E-state index is 0.0417. The van der Waals surface area contributed by atoms with E-state index in [1.54, 1.807) is 0 Å². The summed E-state index contributed by atoms with van der Waals surface area (Å²) in [6.07, 6.45) is 0. The van der Waals surface area contributed by atoms with E-state index < -0.39 is 11.6 Å². The number of benzene rings is 1. The standard InChI is InChI=1S/C7H5F2.2BrH.Mg/c1-5-2-3-6(8)4-7(5)9;;;/h2-4H,1H2;2*1H;/q;;;+2/p-2. The zero-order chi connectivity index (χ0) is 9.56. The van der Waals surface area contributed by atoms with E-state index in [0.29, 0.717) is 0 Å². The third-order valence-corrected chi connectivity index (χ3v) is 1.02. The lowest BCUT2D eigenvalue weighted by Crippen LogP contribution is -1.81. The molecule has 1 rings (SSSR count). The van der Waals surface area contributed by atoms with Gasteiger partial charge < -0.3 is 0 Å². The molecule has 0 aromatic heterocycles. The Labute approximate surface area is 92.2 Å².